The highest BCUT2D eigenvalue weighted by Gasteiger charge is 2.15. The van der Waals surface area contributed by atoms with Gasteiger partial charge < -0.3 is 25.4 Å². The minimum atomic E-state index is -2.51. The van der Waals surface area contributed by atoms with Crippen molar-refractivity contribution in [2.75, 3.05) is 26.2 Å². The molecule has 158 valence electrons. The predicted molar refractivity (Wildman–Crippen MR) is 105 cm³/mol. The number of hydrogen-bond donors (Lipinski definition) is 3. The Labute approximate surface area is 164 Å². The molecule has 1 aromatic carbocycles. The van der Waals surface area contributed by atoms with Crippen molar-refractivity contribution in [3.05, 3.63) is 29.8 Å². The number of hydrogen-bond acceptors (Lipinski definition) is 4. The van der Waals surface area contributed by atoms with Crippen LogP contribution in [0.4, 0.5) is 13.6 Å². The zero-order chi connectivity index (χ0) is 21.0. The second kappa shape index (κ2) is 12.0. The van der Waals surface area contributed by atoms with Gasteiger partial charge in [0.15, 0.2) is 5.96 Å². The van der Waals surface area contributed by atoms with Gasteiger partial charge in [0.2, 0.25) is 0 Å². The number of rotatable bonds is 9. The number of carbonyl (C=O) groups is 1. The van der Waals surface area contributed by atoms with Crippen LogP contribution in [0.15, 0.2) is 29.3 Å². The maximum atomic E-state index is 12.2. The van der Waals surface area contributed by atoms with Crippen molar-refractivity contribution in [2.24, 2.45) is 4.99 Å². The first-order chi connectivity index (χ1) is 13.2. The molecule has 0 aliphatic rings. The molecule has 0 aliphatic heterocycles. The van der Waals surface area contributed by atoms with Gasteiger partial charge in [-0.25, -0.2) is 18.6 Å². The molecule has 1 amide bonds. The van der Waals surface area contributed by atoms with Crippen LogP contribution in [0.25, 0.3) is 0 Å². The number of benzene rings is 1. The van der Waals surface area contributed by atoms with Crippen molar-refractivity contribution < 1.29 is 23.0 Å². The third-order valence-corrected chi connectivity index (χ3v) is 3.12. The van der Waals surface area contributed by atoms with Crippen molar-refractivity contribution >= 4 is 12.1 Å². The lowest BCUT2D eigenvalue weighted by Crippen LogP contribution is -2.42. The Hall–Kier alpha value is -2.58. The van der Waals surface area contributed by atoms with Crippen LogP contribution in [-0.4, -0.2) is 50.3 Å². The van der Waals surface area contributed by atoms with E-state index in [1.807, 2.05) is 13.0 Å². The predicted octanol–water partition coefficient (Wildman–Crippen LogP) is 2.91. The van der Waals surface area contributed by atoms with Gasteiger partial charge >= 0.3 is 6.09 Å². The maximum absolute atomic E-state index is 12.2. The summed E-state index contributed by atoms with van der Waals surface area (Å²) in [4.78, 5) is 16.0. The molecule has 0 spiro atoms. The Bertz CT molecular complexity index is 634. The van der Waals surface area contributed by atoms with E-state index in [1.165, 1.54) is 0 Å². The van der Waals surface area contributed by atoms with E-state index >= 15 is 0 Å². The molecule has 0 saturated carbocycles. The fourth-order valence-electron chi connectivity index (χ4n) is 2.06. The van der Waals surface area contributed by atoms with E-state index in [0.717, 1.165) is 5.56 Å². The first-order valence-corrected chi connectivity index (χ1v) is 9.18. The van der Waals surface area contributed by atoms with E-state index in [1.54, 1.807) is 39.0 Å². The van der Waals surface area contributed by atoms with Gasteiger partial charge in [0.1, 0.15) is 18.0 Å². The number of nitrogens with zero attached hydrogens (tertiary/aromatic N) is 1. The number of alkyl carbamates (subject to hydrolysis) is 1. The highest BCUT2D eigenvalue weighted by molar-refractivity contribution is 5.79. The molecule has 0 saturated heterocycles. The van der Waals surface area contributed by atoms with Gasteiger partial charge in [-0.05, 0) is 45.4 Å². The molecular formula is C19H30F2N4O3. The normalized spacial score (nSPS) is 11.9. The lowest BCUT2D eigenvalue weighted by Gasteiger charge is -2.19. The number of guanidine groups is 1. The molecule has 0 atom stereocenters. The fraction of sp³-hybridized carbons (Fsp3) is 0.579. The van der Waals surface area contributed by atoms with Gasteiger partial charge in [-0.3, -0.25) is 0 Å². The van der Waals surface area contributed by atoms with E-state index in [2.05, 4.69) is 20.9 Å². The van der Waals surface area contributed by atoms with Crippen LogP contribution >= 0.6 is 0 Å². The average Bonchev–Trinajstić information content (AvgIpc) is 2.60. The van der Waals surface area contributed by atoms with Crippen LogP contribution in [-0.2, 0) is 11.3 Å². The highest BCUT2D eigenvalue weighted by Crippen LogP contribution is 2.15. The Morgan fingerprint density at radius 1 is 1.18 bits per heavy atom. The number of nitrogens with one attached hydrogen (secondary N) is 3. The van der Waals surface area contributed by atoms with E-state index in [0.29, 0.717) is 37.9 Å². The van der Waals surface area contributed by atoms with E-state index < -0.39 is 24.7 Å². The van der Waals surface area contributed by atoms with E-state index in [-0.39, 0.29) is 0 Å². The average molecular weight is 400 g/mol. The number of aliphatic imine (C=N–C) groups is 1. The summed E-state index contributed by atoms with van der Waals surface area (Å²) in [5.74, 6) is 0.958. The third kappa shape index (κ3) is 11.2. The van der Waals surface area contributed by atoms with Gasteiger partial charge in [-0.2, -0.15) is 0 Å². The van der Waals surface area contributed by atoms with Crippen molar-refractivity contribution in [1.29, 1.82) is 0 Å². The zero-order valence-electron chi connectivity index (χ0n) is 16.9. The lowest BCUT2D eigenvalue weighted by atomic mass is 10.2. The zero-order valence-corrected chi connectivity index (χ0v) is 16.9. The quantitative estimate of drug-likeness (QED) is 0.337. The molecule has 28 heavy (non-hydrogen) atoms. The van der Waals surface area contributed by atoms with Gasteiger partial charge in [-0.15, -0.1) is 0 Å². The number of carbonyl (C=O) groups excluding carboxylic acids is 1. The maximum Gasteiger partial charge on any atom is 0.407 e. The smallest absolute Gasteiger partial charge is 0.407 e. The largest absolute Gasteiger partial charge is 0.488 e. The number of halogens is 2. The highest BCUT2D eigenvalue weighted by atomic mass is 19.3. The monoisotopic (exact) mass is 400 g/mol. The summed E-state index contributed by atoms with van der Waals surface area (Å²) >= 11 is 0. The van der Waals surface area contributed by atoms with Crippen molar-refractivity contribution in [3.8, 4) is 5.75 Å². The van der Waals surface area contributed by atoms with Gasteiger partial charge in [0.25, 0.3) is 6.43 Å². The van der Waals surface area contributed by atoms with Gasteiger partial charge in [0, 0.05) is 19.6 Å². The molecule has 0 fully saturated rings. The van der Waals surface area contributed by atoms with Gasteiger partial charge in [-0.1, -0.05) is 12.1 Å². The lowest BCUT2D eigenvalue weighted by molar-refractivity contribution is 0.0529. The Balaban J connectivity index is 2.49. The molecule has 0 bridgehead atoms. The third-order valence-electron chi connectivity index (χ3n) is 3.12. The summed E-state index contributed by atoms with van der Waals surface area (Å²) in [6, 6.07) is 6.88. The van der Waals surface area contributed by atoms with Crippen molar-refractivity contribution in [1.82, 2.24) is 16.0 Å². The van der Waals surface area contributed by atoms with Gasteiger partial charge in [0.05, 0.1) is 6.54 Å². The summed E-state index contributed by atoms with van der Waals surface area (Å²) in [7, 11) is 0. The minimum absolute atomic E-state index is 0.348. The van der Waals surface area contributed by atoms with Crippen LogP contribution in [0.3, 0.4) is 0 Å². The summed E-state index contributed by atoms with van der Waals surface area (Å²) in [6.07, 6.45) is -2.99. The number of alkyl halides is 2. The molecule has 9 heteroatoms. The summed E-state index contributed by atoms with van der Waals surface area (Å²) in [6.45, 7) is 8.55. The Morgan fingerprint density at radius 3 is 2.54 bits per heavy atom. The van der Waals surface area contributed by atoms with Crippen molar-refractivity contribution in [3.63, 3.8) is 0 Å². The van der Waals surface area contributed by atoms with E-state index in [9.17, 15) is 13.6 Å². The standard InChI is InChI=1S/C19H30F2N4O3/c1-5-22-17(23-9-10-24-18(26)28-19(2,3)4)25-12-14-7-6-8-15(11-14)27-13-16(20)21/h6-8,11,16H,5,9-10,12-13H2,1-4H3,(H,24,26)(H2,22,23,25). The van der Waals surface area contributed by atoms with Crippen LogP contribution in [0.1, 0.15) is 33.3 Å². The summed E-state index contributed by atoms with van der Waals surface area (Å²) in [5, 5.41) is 8.86. The minimum Gasteiger partial charge on any atom is -0.488 e. The Kier molecular flexibility index (Phi) is 10.0. The molecule has 0 aliphatic carbocycles. The van der Waals surface area contributed by atoms with Crippen LogP contribution in [0.5, 0.6) is 5.75 Å². The second-order valence-electron chi connectivity index (χ2n) is 6.90. The fourth-order valence-corrected chi connectivity index (χ4v) is 2.06. The molecular weight excluding hydrogens is 370 g/mol. The second-order valence-corrected chi connectivity index (χ2v) is 6.90. The van der Waals surface area contributed by atoms with Crippen LogP contribution in [0.2, 0.25) is 0 Å². The summed E-state index contributed by atoms with van der Waals surface area (Å²) < 4.78 is 34.7. The SMILES string of the molecule is CCNC(=NCc1cccc(OCC(F)F)c1)NCCNC(=O)OC(C)(C)C. The molecule has 3 N–H and O–H groups in total. The molecule has 1 aromatic rings. The van der Waals surface area contributed by atoms with Crippen LogP contribution < -0.4 is 20.7 Å². The number of amides is 1. The first kappa shape index (κ1) is 23.5. The molecule has 0 aromatic heterocycles. The van der Waals surface area contributed by atoms with Crippen molar-refractivity contribution in [2.45, 2.75) is 46.3 Å². The molecule has 7 nitrogen and oxygen atoms in total. The van der Waals surface area contributed by atoms with Crippen LogP contribution in [0, 0.1) is 0 Å². The first-order valence-electron chi connectivity index (χ1n) is 9.18. The molecule has 0 unspecified atom stereocenters. The summed E-state index contributed by atoms with van der Waals surface area (Å²) in [5.41, 5.74) is 0.289. The Morgan fingerprint density at radius 2 is 1.89 bits per heavy atom. The topological polar surface area (TPSA) is 84.0 Å². The van der Waals surface area contributed by atoms with E-state index in [4.69, 9.17) is 9.47 Å². The molecule has 0 heterocycles. The molecule has 1 rings (SSSR count). The molecule has 0 radical (unpaired) electrons. The number of ether oxygens (including phenoxy) is 2.